The highest BCUT2D eigenvalue weighted by Gasteiger charge is 2.28. The van der Waals surface area contributed by atoms with Gasteiger partial charge in [0.05, 0.1) is 24.4 Å². The Morgan fingerprint density at radius 1 is 1.20 bits per heavy atom. The van der Waals surface area contributed by atoms with Crippen molar-refractivity contribution in [1.82, 2.24) is 4.90 Å². The molecule has 2 aliphatic rings. The van der Waals surface area contributed by atoms with Crippen LogP contribution in [0.1, 0.15) is 34.0 Å². The van der Waals surface area contributed by atoms with Crippen molar-refractivity contribution in [3.63, 3.8) is 0 Å². The van der Waals surface area contributed by atoms with E-state index in [4.69, 9.17) is 4.74 Å². The lowest BCUT2D eigenvalue weighted by atomic mass is 9.98. The number of para-hydroxylation sites is 1. The molecule has 0 saturated carbocycles. The first-order chi connectivity index (χ1) is 12.2. The van der Waals surface area contributed by atoms with Crippen molar-refractivity contribution in [3.8, 4) is 0 Å². The standard InChI is InChI=1S/C20H21FN2O2/c21-16-8-6-14(7-9-16)18-13-23(11-12-25-18)20(24)17-5-1-3-15-4-2-10-22-19(15)17/h1,3,5-9,18,22H,2,4,10-13H2. The van der Waals surface area contributed by atoms with Crippen LogP contribution in [0.4, 0.5) is 10.1 Å². The molecule has 2 aliphatic heterocycles. The van der Waals surface area contributed by atoms with Crippen LogP contribution in [0.25, 0.3) is 0 Å². The van der Waals surface area contributed by atoms with E-state index in [2.05, 4.69) is 11.4 Å². The molecule has 1 atom stereocenters. The maximum absolute atomic E-state index is 13.1. The van der Waals surface area contributed by atoms with Gasteiger partial charge in [0.25, 0.3) is 5.91 Å². The number of nitrogens with one attached hydrogen (secondary N) is 1. The molecule has 1 N–H and O–H groups in total. The van der Waals surface area contributed by atoms with Crippen LogP contribution in [0.2, 0.25) is 0 Å². The molecule has 0 aromatic heterocycles. The van der Waals surface area contributed by atoms with E-state index in [1.165, 1.54) is 17.7 Å². The summed E-state index contributed by atoms with van der Waals surface area (Å²) in [4.78, 5) is 14.9. The fourth-order valence-electron chi connectivity index (χ4n) is 3.57. The number of rotatable bonds is 2. The van der Waals surface area contributed by atoms with Crippen molar-refractivity contribution in [3.05, 3.63) is 65.0 Å². The molecule has 0 radical (unpaired) electrons. The van der Waals surface area contributed by atoms with Gasteiger partial charge < -0.3 is 15.0 Å². The highest BCUT2D eigenvalue weighted by atomic mass is 19.1. The van der Waals surface area contributed by atoms with E-state index < -0.39 is 0 Å². The number of ether oxygens (including phenoxy) is 1. The predicted octanol–water partition coefficient (Wildman–Crippen LogP) is 3.40. The number of benzene rings is 2. The molecule has 0 bridgehead atoms. The summed E-state index contributed by atoms with van der Waals surface area (Å²) < 4.78 is 18.9. The molecule has 25 heavy (non-hydrogen) atoms. The van der Waals surface area contributed by atoms with Crippen LogP contribution < -0.4 is 5.32 Å². The third kappa shape index (κ3) is 3.24. The zero-order valence-electron chi connectivity index (χ0n) is 14.0. The minimum Gasteiger partial charge on any atom is -0.384 e. The molecule has 1 fully saturated rings. The molecular formula is C20H21FN2O2. The third-order valence-electron chi connectivity index (χ3n) is 4.90. The Hall–Kier alpha value is -2.40. The van der Waals surface area contributed by atoms with Crippen LogP contribution in [-0.4, -0.2) is 37.0 Å². The minimum absolute atomic E-state index is 0.0293. The van der Waals surface area contributed by atoms with Crippen LogP contribution in [0.15, 0.2) is 42.5 Å². The first-order valence-electron chi connectivity index (χ1n) is 8.74. The summed E-state index contributed by atoms with van der Waals surface area (Å²) in [6.45, 7) is 2.43. The van der Waals surface area contributed by atoms with Gasteiger partial charge in [-0.15, -0.1) is 0 Å². The van der Waals surface area contributed by atoms with Gasteiger partial charge in [-0.2, -0.15) is 0 Å². The maximum Gasteiger partial charge on any atom is 0.256 e. The van der Waals surface area contributed by atoms with Crippen molar-refractivity contribution >= 4 is 11.6 Å². The largest absolute Gasteiger partial charge is 0.384 e. The fourth-order valence-corrected chi connectivity index (χ4v) is 3.57. The summed E-state index contributed by atoms with van der Waals surface area (Å²) in [7, 11) is 0. The molecule has 2 heterocycles. The van der Waals surface area contributed by atoms with Crippen molar-refractivity contribution in [1.29, 1.82) is 0 Å². The second-order valence-corrected chi connectivity index (χ2v) is 6.53. The summed E-state index contributed by atoms with van der Waals surface area (Å²) in [5, 5.41) is 3.38. The highest BCUT2D eigenvalue weighted by Crippen LogP contribution is 2.29. The van der Waals surface area contributed by atoms with Crippen LogP contribution in [0, 0.1) is 5.82 Å². The molecule has 2 aromatic carbocycles. The molecule has 1 unspecified atom stereocenters. The predicted molar refractivity (Wildman–Crippen MR) is 94.2 cm³/mol. The van der Waals surface area contributed by atoms with Crippen molar-refractivity contribution < 1.29 is 13.9 Å². The van der Waals surface area contributed by atoms with Gasteiger partial charge in [-0.05, 0) is 42.2 Å². The average Bonchev–Trinajstić information content (AvgIpc) is 2.68. The molecule has 130 valence electrons. The van der Waals surface area contributed by atoms with Gasteiger partial charge in [0.2, 0.25) is 0 Å². The zero-order valence-corrected chi connectivity index (χ0v) is 14.0. The lowest BCUT2D eigenvalue weighted by molar-refractivity contribution is -0.0228. The third-order valence-corrected chi connectivity index (χ3v) is 4.90. The Morgan fingerprint density at radius 2 is 2.04 bits per heavy atom. The lowest BCUT2D eigenvalue weighted by Gasteiger charge is -2.34. The molecule has 2 aromatic rings. The molecule has 1 amide bonds. The number of hydrogen-bond donors (Lipinski definition) is 1. The van der Waals surface area contributed by atoms with Gasteiger partial charge in [0, 0.05) is 13.1 Å². The Labute approximate surface area is 146 Å². The topological polar surface area (TPSA) is 41.6 Å². The SMILES string of the molecule is O=C(c1cccc2c1NCCC2)N1CCOC(c2ccc(F)cc2)C1. The lowest BCUT2D eigenvalue weighted by Crippen LogP contribution is -2.42. The monoisotopic (exact) mass is 340 g/mol. The van der Waals surface area contributed by atoms with E-state index in [-0.39, 0.29) is 17.8 Å². The van der Waals surface area contributed by atoms with Gasteiger partial charge in [0.15, 0.2) is 0 Å². The first kappa shape index (κ1) is 16.1. The number of amides is 1. The van der Waals surface area contributed by atoms with Crippen molar-refractivity contribution in [2.45, 2.75) is 18.9 Å². The quantitative estimate of drug-likeness (QED) is 0.911. The Kier molecular flexibility index (Phi) is 4.40. The number of halogens is 1. The van der Waals surface area contributed by atoms with E-state index in [0.29, 0.717) is 19.7 Å². The molecular weight excluding hydrogens is 319 g/mol. The number of anilines is 1. The van der Waals surface area contributed by atoms with Gasteiger partial charge in [-0.1, -0.05) is 24.3 Å². The number of nitrogens with zero attached hydrogens (tertiary/aromatic N) is 1. The van der Waals surface area contributed by atoms with Crippen LogP contribution >= 0.6 is 0 Å². The Balaban J connectivity index is 1.55. The number of aryl methyl sites for hydroxylation is 1. The summed E-state index contributed by atoms with van der Waals surface area (Å²) in [5.74, 6) is -0.240. The summed E-state index contributed by atoms with van der Waals surface area (Å²) in [5.41, 5.74) is 3.81. The second kappa shape index (κ2) is 6.84. The maximum atomic E-state index is 13.1. The van der Waals surface area contributed by atoms with E-state index in [9.17, 15) is 9.18 Å². The molecule has 4 nitrogen and oxygen atoms in total. The summed E-state index contributed by atoms with van der Waals surface area (Å²) in [6, 6.07) is 12.2. The van der Waals surface area contributed by atoms with E-state index in [1.54, 1.807) is 12.1 Å². The summed E-state index contributed by atoms with van der Waals surface area (Å²) in [6.07, 6.45) is 1.88. The molecule has 5 heteroatoms. The van der Waals surface area contributed by atoms with Crippen LogP contribution in [0.5, 0.6) is 0 Å². The van der Waals surface area contributed by atoms with Gasteiger partial charge in [0.1, 0.15) is 11.9 Å². The fraction of sp³-hybridized carbons (Fsp3) is 0.350. The average molecular weight is 340 g/mol. The molecule has 1 saturated heterocycles. The second-order valence-electron chi connectivity index (χ2n) is 6.53. The van der Waals surface area contributed by atoms with Crippen molar-refractivity contribution in [2.75, 3.05) is 31.6 Å². The van der Waals surface area contributed by atoms with Gasteiger partial charge >= 0.3 is 0 Å². The molecule has 0 aliphatic carbocycles. The normalized spacial score (nSPS) is 19.9. The van der Waals surface area contributed by atoms with E-state index in [0.717, 1.165) is 36.2 Å². The van der Waals surface area contributed by atoms with E-state index >= 15 is 0 Å². The molecule has 0 spiro atoms. The Morgan fingerprint density at radius 3 is 2.88 bits per heavy atom. The van der Waals surface area contributed by atoms with Crippen LogP contribution in [-0.2, 0) is 11.2 Å². The first-order valence-corrected chi connectivity index (χ1v) is 8.74. The van der Waals surface area contributed by atoms with E-state index in [1.807, 2.05) is 17.0 Å². The number of morpholine rings is 1. The smallest absolute Gasteiger partial charge is 0.256 e. The Bertz CT molecular complexity index is 776. The van der Waals surface area contributed by atoms with Gasteiger partial charge in [-0.3, -0.25) is 4.79 Å². The van der Waals surface area contributed by atoms with Gasteiger partial charge in [-0.25, -0.2) is 4.39 Å². The number of carbonyl (C=O) groups excluding carboxylic acids is 1. The minimum atomic E-state index is -0.269. The van der Waals surface area contributed by atoms with Crippen LogP contribution in [0.3, 0.4) is 0 Å². The zero-order chi connectivity index (χ0) is 17.2. The summed E-state index contributed by atoms with van der Waals surface area (Å²) >= 11 is 0. The number of fused-ring (bicyclic) bond motifs is 1. The highest BCUT2D eigenvalue weighted by molar-refractivity contribution is 6.00. The molecule has 4 rings (SSSR count). The van der Waals surface area contributed by atoms with Crippen molar-refractivity contribution in [2.24, 2.45) is 0 Å². The number of hydrogen-bond acceptors (Lipinski definition) is 3. The number of carbonyl (C=O) groups is 1.